The van der Waals surface area contributed by atoms with Gasteiger partial charge in [-0.15, -0.1) is 0 Å². The minimum atomic E-state index is -1.35. The number of aliphatic hydroxyl groups excluding tert-OH is 1. The lowest BCUT2D eigenvalue weighted by Crippen LogP contribution is -2.57. The van der Waals surface area contributed by atoms with E-state index in [0.717, 1.165) is 0 Å². The molecule has 0 radical (unpaired) electrons. The SMILES string of the molecule is CC(NC(=O)C(C)NC(=O)C(CO)NC(=O)C(N)Cc1ccc(O)cc1)C(=O)O. The lowest BCUT2D eigenvalue weighted by molar-refractivity contribution is -0.141. The van der Waals surface area contributed by atoms with Gasteiger partial charge in [0.15, 0.2) is 0 Å². The average molecular weight is 410 g/mol. The zero-order chi connectivity index (χ0) is 22.1. The number of carboxylic acids is 1. The average Bonchev–Trinajstić information content (AvgIpc) is 2.67. The van der Waals surface area contributed by atoms with Crippen LogP contribution in [0.1, 0.15) is 19.4 Å². The van der Waals surface area contributed by atoms with E-state index in [2.05, 4.69) is 16.0 Å². The molecule has 0 aliphatic rings. The van der Waals surface area contributed by atoms with Crippen LogP contribution in [0, 0.1) is 0 Å². The molecule has 160 valence electrons. The summed E-state index contributed by atoms with van der Waals surface area (Å²) in [5.41, 5.74) is 6.50. The van der Waals surface area contributed by atoms with Gasteiger partial charge in [0, 0.05) is 0 Å². The molecule has 0 fully saturated rings. The number of nitrogens with one attached hydrogen (secondary N) is 3. The highest BCUT2D eigenvalue weighted by Crippen LogP contribution is 2.11. The van der Waals surface area contributed by atoms with Gasteiger partial charge in [-0.1, -0.05) is 12.1 Å². The van der Waals surface area contributed by atoms with E-state index in [4.69, 9.17) is 10.8 Å². The van der Waals surface area contributed by atoms with Crippen LogP contribution >= 0.6 is 0 Å². The van der Waals surface area contributed by atoms with E-state index in [1.807, 2.05) is 0 Å². The Morgan fingerprint density at radius 1 is 0.931 bits per heavy atom. The topological polar surface area (TPSA) is 191 Å². The van der Waals surface area contributed by atoms with Crippen molar-refractivity contribution in [3.05, 3.63) is 29.8 Å². The van der Waals surface area contributed by atoms with Gasteiger partial charge in [0.25, 0.3) is 0 Å². The third kappa shape index (κ3) is 7.76. The predicted molar refractivity (Wildman–Crippen MR) is 102 cm³/mol. The number of carbonyl (C=O) groups is 4. The standard InChI is InChI=1S/C18H26N4O7/c1-9(15(25)21-10(2)18(28)29)20-17(27)14(8-23)22-16(26)13(19)7-11-3-5-12(24)6-4-11/h3-6,9-10,13-14,23-24H,7-8,19H2,1-2H3,(H,20,27)(H,21,25)(H,22,26)(H,28,29). The Bertz CT molecular complexity index is 738. The Balaban J connectivity index is 2.60. The normalized spacial score (nSPS) is 14.8. The van der Waals surface area contributed by atoms with Gasteiger partial charge in [-0.25, -0.2) is 0 Å². The molecular formula is C18H26N4O7. The van der Waals surface area contributed by atoms with Crippen molar-refractivity contribution in [2.45, 2.75) is 44.4 Å². The monoisotopic (exact) mass is 410 g/mol. The number of amides is 3. The quantitative estimate of drug-likeness (QED) is 0.227. The molecule has 0 aliphatic carbocycles. The van der Waals surface area contributed by atoms with Gasteiger partial charge in [0.1, 0.15) is 23.9 Å². The van der Waals surface area contributed by atoms with Gasteiger partial charge in [0.2, 0.25) is 17.7 Å². The van der Waals surface area contributed by atoms with Crippen LogP contribution < -0.4 is 21.7 Å². The summed E-state index contributed by atoms with van der Waals surface area (Å²) in [5, 5.41) is 34.2. The molecular weight excluding hydrogens is 384 g/mol. The van der Waals surface area contributed by atoms with Crippen LogP contribution in [0.2, 0.25) is 0 Å². The highest BCUT2D eigenvalue weighted by Gasteiger charge is 2.27. The number of benzene rings is 1. The van der Waals surface area contributed by atoms with E-state index in [-0.39, 0.29) is 12.2 Å². The first-order valence-electron chi connectivity index (χ1n) is 8.83. The second-order valence-corrected chi connectivity index (χ2v) is 6.52. The van der Waals surface area contributed by atoms with Crippen LogP contribution in [0.4, 0.5) is 0 Å². The van der Waals surface area contributed by atoms with E-state index in [0.29, 0.717) is 5.56 Å². The molecule has 0 saturated carbocycles. The number of carbonyl (C=O) groups excluding carboxylic acids is 3. The van der Waals surface area contributed by atoms with Crippen molar-refractivity contribution in [3.63, 3.8) is 0 Å². The molecule has 8 N–H and O–H groups in total. The first kappa shape index (κ1) is 23.9. The largest absolute Gasteiger partial charge is 0.508 e. The molecule has 0 spiro atoms. The first-order valence-corrected chi connectivity index (χ1v) is 8.83. The maximum atomic E-state index is 12.2. The maximum absolute atomic E-state index is 12.2. The van der Waals surface area contributed by atoms with Gasteiger partial charge in [-0.2, -0.15) is 0 Å². The van der Waals surface area contributed by atoms with Crippen molar-refractivity contribution in [3.8, 4) is 5.75 Å². The Hall–Kier alpha value is -3.18. The molecule has 3 amide bonds. The zero-order valence-electron chi connectivity index (χ0n) is 16.1. The van der Waals surface area contributed by atoms with Crippen LogP contribution in [0.25, 0.3) is 0 Å². The molecule has 1 aromatic carbocycles. The second-order valence-electron chi connectivity index (χ2n) is 6.52. The summed E-state index contributed by atoms with van der Waals surface area (Å²) in [4.78, 5) is 47.1. The molecule has 11 nitrogen and oxygen atoms in total. The summed E-state index contributed by atoms with van der Waals surface area (Å²) < 4.78 is 0. The van der Waals surface area contributed by atoms with E-state index >= 15 is 0 Å². The van der Waals surface area contributed by atoms with E-state index < -0.39 is 54.5 Å². The highest BCUT2D eigenvalue weighted by molar-refractivity contribution is 5.93. The number of hydrogen-bond acceptors (Lipinski definition) is 7. The maximum Gasteiger partial charge on any atom is 0.325 e. The number of aliphatic carboxylic acids is 1. The van der Waals surface area contributed by atoms with Crippen molar-refractivity contribution >= 4 is 23.7 Å². The number of phenolic OH excluding ortho intramolecular Hbond substituents is 1. The van der Waals surface area contributed by atoms with Crippen molar-refractivity contribution in [2.75, 3.05) is 6.61 Å². The smallest absolute Gasteiger partial charge is 0.325 e. The number of nitrogens with two attached hydrogens (primary N) is 1. The molecule has 4 unspecified atom stereocenters. The Labute approximate surface area is 167 Å². The van der Waals surface area contributed by atoms with Gasteiger partial charge >= 0.3 is 5.97 Å². The lowest BCUT2D eigenvalue weighted by Gasteiger charge is -2.21. The first-order chi connectivity index (χ1) is 13.5. The van der Waals surface area contributed by atoms with E-state index in [1.165, 1.54) is 26.0 Å². The summed E-state index contributed by atoms with van der Waals surface area (Å²) >= 11 is 0. The number of aromatic hydroxyl groups is 1. The molecule has 1 rings (SSSR count). The number of hydrogen-bond donors (Lipinski definition) is 7. The molecule has 0 saturated heterocycles. The molecule has 0 bridgehead atoms. The van der Waals surface area contributed by atoms with Crippen LogP contribution in [-0.4, -0.2) is 69.8 Å². The van der Waals surface area contributed by atoms with Crippen LogP contribution in [0.15, 0.2) is 24.3 Å². The number of aliphatic hydroxyl groups is 1. The van der Waals surface area contributed by atoms with E-state index in [9.17, 15) is 29.4 Å². The van der Waals surface area contributed by atoms with Gasteiger partial charge < -0.3 is 37.0 Å². The highest BCUT2D eigenvalue weighted by atomic mass is 16.4. The van der Waals surface area contributed by atoms with Gasteiger partial charge in [-0.3, -0.25) is 19.2 Å². The summed E-state index contributed by atoms with van der Waals surface area (Å²) in [6, 6.07) is 1.48. The Kier molecular flexibility index (Phi) is 9.03. The van der Waals surface area contributed by atoms with Gasteiger partial charge in [0.05, 0.1) is 12.6 Å². The van der Waals surface area contributed by atoms with Crippen molar-refractivity contribution in [1.82, 2.24) is 16.0 Å². The minimum absolute atomic E-state index is 0.0692. The molecule has 0 aromatic heterocycles. The van der Waals surface area contributed by atoms with Crippen LogP contribution in [0.5, 0.6) is 5.75 Å². The fraction of sp³-hybridized carbons (Fsp3) is 0.444. The van der Waals surface area contributed by atoms with Crippen LogP contribution in [-0.2, 0) is 25.6 Å². The number of carboxylic acid groups (broad SMARTS) is 1. The molecule has 29 heavy (non-hydrogen) atoms. The van der Waals surface area contributed by atoms with Gasteiger partial charge in [-0.05, 0) is 38.0 Å². The molecule has 4 atom stereocenters. The summed E-state index contributed by atoms with van der Waals surface area (Å²) in [7, 11) is 0. The van der Waals surface area contributed by atoms with E-state index in [1.54, 1.807) is 12.1 Å². The molecule has 0 heterocycles. The fourth-order valence-corrected chi connectivity index (χ4v) is 2.23. The predicted octanol–water partition coefficient (Wildman–Crippen LogP) is -2.17. The molecule has 0 aliphatic heterocycles. The summed E-state index contributed by atoms with van der Waals surface area (Å²) in [6.45, 7) is 1.86. The summed E-state index contributed by atoms with van der Waals surface area (Å²) in [5.74, 6) is -3.42. The zero-order valence-corrected chi connectivity index (χ0v) is 16.1. The fourth-order valence-electron chi connectivity index (χ4n) is 2.23. The lowest BCUT2D eigenvalue weighted by atomic mass is 10.1. The Morgan fingerprint density at radius 3 is 2.00 bits per heavy atom. The third-order valence-electron chi connectivity index (χ3n) is 4.03. The van der Waals surface area contributed by atoms with Crippen molar-refractivity contribution in [2.24, 2.45) is 5.73 Å². The minimum Gasteiger partial charge on any atom is -0.508 e. The van der Waals surface area contributed by atoms with Crippen LogP contribution in [0.3, 0.4) is 0 Å². The van der Waals surface area contributed by atoms with Crippen molar-refractivity contribution in [1.29, 1.82) is 0 Å². The Morgan fingerprint density at radius 2 is 1.48 bits per heavy atom. The second kappa shape index (κ2) is 11.0. The molecule has 11 heteroatoms. The molecule has 1 aromatic rings. The third-order valence-corrected chi connectivity index (χ3v) is 4.03. The number of rotatable bonds is 10. The van der Waals surface area contributed by atoms with Crippen molar-refractivity contribution < 1.29 is 34.5 Å². The number of phenols is 1. The summed E-state index contributed by atoms with van der Waals surface area (Å²) in [6.07, 6.45) is 0.137.